The van der Waals surface area contributed by atoms with E-state index in [1.54, 1.807) is 12.1 Å². The Hall–Kier alpha value is -2.58. The standard InChI is InChI=1S/C17H20FN5O2/c18-13-3-1-2-4-14(13)21-16(24)15-5-6-19-17(22-15)20-7-8-23-9-11-25-12-10-23/h1-6H,7-12H2,(H,21,24)(H,19,20,22). The van der Waals surface area contributed by atoms with Gasteiger partial charge in [0, 0.05) is 32.4 Å². The number of halogens is 1. The Balaban J connectivity index is 1.55. The Bertz CT molecular complexity index is 722. The van der Waals surface area contributed by atoms with Gasteiger partial charge in [-0.2, -0.15) is 0 Å². The van der Waals surface area contributed by atoms with Crippen molar-refractivity contribution >= 4 is 17.5 Å². The summed E-state index contributed by atoms with van der Waals surface area (Å²) in [5, 5.41) is 5.61. The first kappa shape index (κ1) is 17.2. The fourth-order valence-corrected chi connectivity index (χ4v) is 2.47. The molecule has 3 rings (SSSR count). The largest absolute Gasteiger partial charge is 0.379 e. The van der Waals surface area contributed by atoms with Gasteiger partial charge in [0.15, 0.2) is 0 Å². The average molecular weight is 345 g/mol. The Labute approximate surface area is 145 Å². The lowest BCUT2D eigenvalue weighted by atomic mass is 10.3. The highest BCUT2D eigenvalue weighted by molar-refractivity contribution is 6.03. The second kappa shape index (κ2) is 8.50. The van der Waals surface area contributed by atoms with Crippen LogP contribution in [0.1, 0.15) is 10.5 Å². The maximum absolute atomic E-state index is 13.6. The molecular weight excluding hydrogens is 325 g/mol. The Kier molecular flexibility index (Phi) is 5.86. The molecule has 1 fully saturated rings. The summed E-state index contributed by atoms with van der Waals surface area (Å²) in [4.78, 5) is 22.8. The number of amides is 1. The van der Waals surface area contributed by atoms with Gasteiger partial charge in [0.05, 0.1) is 18.9 Å². The highest BCUT2D eigenvalue weighted by atomic mass is 19.1. The van der Waals surface area contributed by atoms with Crippen LogP contribution >= 0.6 is 0 Å². The summed E-state index contributed by atoms with van der Waals surface area (Å²) in [6, 6.07) is 7.48. The molecule has 0 aliphatic carbocycles. The van der Waals surface area contributed by atoms with E-state index in [2.05, 4.69) is 25.5 Å². The molecule has 1 aromatic carbocycles. The summed E-state index contributed by atoms with van der Waals surface area (Å²) in [5.41, 5.74) is 0.292. The van der Waals surface area contributed by atoms with Crippen molar-refractivity contribution in [2.75, 3.05) is 50.0 Å². The van der Waals surface area contributed by atoms with Gasteiger partial charge < -0.3 is 15.4 Å². The molecule has 1 saturated heterocycles. The normalized spacial score (nSPS) is 14.9. The van der Waals surface area contributed by atoms with Crippen LogP contribution in [0.4, 0.5) is 16.0 Å². The third kappa shape index (κ3) is 4.94. The summed E-state index contributed by atoms with van der Waals surface area (Å²) in [7, 11) is 0. The third-order valence-corrected chi connectivity index (χ3v) is 3.83. The van der Waals surface area contributed by atoms with E-state index < -0.39 is 11.7 Å². The van der Waals surface area contributed by atoms with Crippen LogP contribution < -0.4 is 10.6 Å². The zero-order valence-corrected chi connectivity index (χ0v) is 13.7. The second-order valence-corrected chi connectivity index (χ2v) is 5.58. The summed E-state index contributed by atoms with van der Waals surface area (Å²) in [6.45, 7) is 4.84. The van der Waals surface area contributed by atoms with Crippen molar-refractivity contribution in [3.8, 4) is 0 Å². The highest BCUT2D eigenvalue weighted by Crippen LogP contribution is 2.13. The zero-order valence-electron chi connectivity index (χ0n) is 13.7. The van der Waals surface area contributed by atoms with Crippen LogP contribution in [-0.2, 0) is 4.74 Å². The Morgan fingerprint density at radius 1 is 1.24 bits per heavy atom. The first-order chi connectivity index (χ1) is 12.2. The zero-order chi connectivity index (χ0) is 17.5. The summed E-state index contributed by atoms with van der Waals surface area (Å²) in [6.07, 6.45) is 1.50. The number of morpholine rings is 1. The van der Waals surface area contributed by atoms with E-state index in [1.165, 1.54) is 24.4 Å². The topological polar surface area (TPSA) is 79.4 Å². The molecule has 25 heavy (non-hydrogen) atoms. The molecule has 0 spiro atoms. The van der Waals surface area contributed by atoms with Crippen molar-refractivity contribution < 1.29 is 13.9 Å². The maximum atomic E-state index is 13.6. The first-order valence-corrected chi connectivity index (χ1v) is 8.15. The number of nitrogens with one attached hydrogen (secondary N) is 2. The molecule has 2 heterocycles. The number of carbonyl (C=O) groups excluding carboxylic acids is 1. The van der Waals surface area contributed by atoms with Crippen LogP contribution in [0.2, 0.25) is 0 Å². The molecule has 0 radical (unpaired) electrons. The maximum Gasteiger partial charge on any atom is 0.274 e. The molecule has 132 valence electrons. The predicted octanol–water partition coefficient (Wildman–Crippen LogP) is 1.61. The lowest BCUT2D eigenvalue weighted by molar-refractivity contribution is 0.0398. The molecule has 2 aromatic rings. The SMILES string of the molecule is O=C(Nc1ccccc1F)c1ccnc(NCCN2CCOCC2)n1. The van der Waals surface area contributed by atoms with Crippen LogP contribution in [0, 0.1) is 5.82 Å². The van der Waals surface area contributed by atoms with Gasteiger partial charge in [0.1, 0.15) is 11.5 Å². The molecule has 8 heteroatoms. The molecule has 7 nitrogen and oxygen atoms in total. The van der Waals surface area contributed by atoms with Crippen LogP contribution in [0.15, 0.2) is 36.5 Å². The number of rotatable bonds is 6. The van der Waals surface area contributed by atoms with Gasteiger partial charge >= 0.3 is 0 Å². The number of hydrogen-bond acceptors (Lipinski definition) is 6. The van der Waals surface area contributed by atoms with E-state index in [-0.39, 0.29) is 11.4 Å². The lowest BCUT2D eigenvalue weighted by Gasteiger charge is -2.26. The first-order valence-electron chi connectivity index (χ1n) is 8.15. The minimum absolute atomic E-state index is 0.118. The van der Waals surface area contributed by atoms with Crippen molar-refractivity contribution in [2.24, 2.45) is 0 Å². The minimum atomic E-state index is -0.492. The van der Waals surface area contributed by atoms with E-state index in [0.717, 1.165) is 32.8 Å². The fourth-order valence-electron chi connectivity index (χ4n) is 2.47. The molecule has 1 aliphatic rings. The van der Waals surface area contributed by atoms with Crippen molar-refractivity contribution in [3.63, 3.8) is 0 Å². The number of carbonyl (C=O) groups is 1. The number of para-hydroxylation sites is 1. The summed E-state index contributed by atoms with van der Waals surface area (Å²) >= 11 is 0. The van der Waals surface area contributed by atoms with Crippen LogP contribution in [0.3, 0.4) is 0 Å². The molecule has 2 N–H and O–H groups in total. The fraction of sp³-hybridized carbons (Fsp3) is 0.353. The molecule has 0 saturated carbocycles. The molecule has 0 unspecified atom stereocenters. The van der Waals surface area contributed by atoms with Gasteiger partial charge in [-0.15, -0.1) is 0 Å². The van der Waals surface area contributed by atoms with Gasteiger partial charge in [-0.25, -0.2) is 14.4 Å². The average Bonchev–Trinajstić information content (AvgIpc) is 2.65. The van der Waals surface area contributed by atoms with Gasteiger partial charge in [0.25, 0.3) is 5.91 Å². The van der Waals surface area contributed by atoms with Crippen LogP contribution in [0.25, 0.3) is 0 Å². The van der Waals surface area contributed by atoms with Crippen LogP contribution in [-0.4, -0.2) is 60.2 Å². The van der Waals surface area contributed by atoms with Crippen molar-refractivity contribution in [2.45, 2.75) is 0 Å². The quantitative estimate of drug-likeness (QED) is 0.828. The molecular formula is C17H20FN5O2. The number of anilines is 2. The monoisotopic (exact) mass is 345 g/mol. The smallest absolute Gasteiger partial charge is 0.274 e. The van der Waals surface area contributed by atoms with E-state index in [9.17, 15) is 9.18 Å². The number of hydrogen-bond donors (Lipinski definition) is 2. The van der Waals surface area contributed by atoms with Gasteiger partial charge in [-0.05, 0) is 18.2 Å². The van der Waals surface area contributed by atoms with Crippen molar-refractivity contribution in [1.82, 2.24) is 14.9 Å². The van der Waals surface area contributed by atoms with E-state index in [4.69, 9.17) is 4.74 Å². The van der Waals surface area contributed by atoms with E-state index in [0.29, 0.717) is 12.5 Å². The number of nitrogens with zero attached hydrogens (tertiary/aromatic N) is 3. The Morgan fingerprint density at radius 3 is 2.84 bits per heavy atom. The number of benzene rings is 1. The summed E-state index contributed by atoms with van der Waals surface area (Å²) < 4.78 is 18.9. The molecule has 1 aliphatic heterocycles. The van der Waals surface area contributed by atoms with Crippen molar-refractivity contribution in [3.05, 3.63) is 48.0 Å². The molecule has 0 bridgehead atoms. The van der Waals surface area contributed by atoms with Gasteiger partial charge in [-0.1, -0.05) is 12.1 Å². The summed E-state index contributed by atoms with van der Waals surface area (Å²) in [5.74, 6) is -0.605. The van der Waals surface area contributed by atoms with Crippen molar-refractivity contribution in [1.29, 1.82) is 0 Å². The molecule has 0 atom stereocenters. The van der Waals surface area contributed by atoms with E-state index in [1.807, 2.05) is 0 Å². The minimum Gasteiger partial charge on any atom is -0.379 e. The van der Waals surface area contributed by atoms with Gasteiger partial charge in [-0.3, -0.25) is 9.69 Å². The predicted molar refractivity (Wildman–Crippen MR) is 92.1 cm³/mol. The Morgan fingerprint density at radius 2 is 2.04 bits per heavy atom. The molecule has 1 aromatic heterocycles. The number of aromatic nitrogens is 2. The highest BCUT2D eigenvalue weighted by Gasteiger charge is 2.12. The molecule has 1 amide bonds. The van der Waals surface area contributed by atoms with Gasteiger partial charge in [0.2, 0.25) is 5.95 Å². The van der Waals surface area contributed by atoms with Crippen LogP contribution in [0.5, 0.6) is 0 Å². The number of ether oxygens (including phenoxy) is 1. The lowest BCUT2D eigenvalue weighted by Crippen LogP contribution is -2.39. The third-order valence-electron chi connectivity index (χ3n) is 3.83. The van der Waals surface area contributed by atoms with E-state index >= 15 is 0 Å². The second-order valence-electron chi connectivity index (χ2n) is 5.58.